The molecule has 34 heavy (non-hydrogen) atoms. The van der Waals surface area contributed by atoms with Crippen molar-refractivity contribution >= 4 is 33.2 Å². The molecule has 0 unspecified atom stereocenters. The standard InChI is InChI=1S/C22H28N4O7S/c1-15-7-6-8-17(11-15)13-24(16(2)22(28)23-3)21(27)14-25(34(5,31)32)19-12-18(26(29)30)9-10-20(19)33-4/h6-12,16H,13-14H2,1-5H3,(H,23,28)/t16-/m1/s1. The van der Waals surface area contributed by atoms with E-state index in [1.54, 1.807) is 6.07 Å². The Morgan fingerprint density at radius 3 is 2.41 bits per heavy atom. The van der Waals surface area contributed by atoms with Crippen molar-refractivity contribution in [2.75, 3.05) is 31.3 Å². The Labute approximate surface area is 198 Å². The minimum absolute atomic E-state index is 0.0356. The van der Waals surface area contributed by atoms with Crippen molar-refractivity contribution in [1.29, 1.82) is 0 Å². The van der Waals surface area contributed by atoms with Crippen LogP contribution in [0.25, 0.3) is 0 Å². The normalized spacial score (nSPS) is 11.9. The second-order valence-electron chi connectivity index (χ2n) is 7.68. The molecule has 0 aromatic heterocycles. The zero-order valence-electron chi connectivity index (χ0n) is 19.6. The summed E-state index contributed by atoms with van der Waals surface area (Å²) in [6.07, 6.45) is 0.881. The van der Waals surface area contributed by atoms with E-state index in [4.69, 9.17) is 4.74 Å². The first kappa shape index (κ1) is 26.6. The average molecular weight is 493 g/mol. The van der Waals surface area contributed by atoms with E-state index in [0.29, 0.717) is 0 Å². The van der Waals surface area contributed by atoms with Crippen LogP contribution in [0, 0.1) is 17.0 Å². The number of carbonyl (C=O) groups excluding carboxylic acids is 2. The Kier molecular flexibility index (Phi) is 8.57. The first-order valence-electron chi connectivity index (χ1n) is 10.3. The summed E-state index contributed by atoms with van der Waals surface area (Å²) in [4.78, 5) is 37.6. The van der Waals surface area contributed by atoms with Gasteiger partial charge in [0.2, 0.25) is 21.8 Å². The molecule has 0 aliphatic heterocycles. The summed E-state index contributed by atoms with van der Waals surface area (Å²) < 4.78 is 31.2. The van der Waals surface area contributed by atoms with Gasteiger partial charge in [-0.1, -0.05) is 29.8 Å². The summed E-state index contributed by atoms with van der Waals surface area (Å²) in [5, 5.41) is 13.8. The summed E-state index contributed by atoms with van der Waals surface area (Å²) in [7, 11) is -1.35. The largest absolute Gasteiger partial charge is 0.495 e. The quantitative estimate of drug-likeness (QED) is 0.394. The third kappa shape index (κ3) is 6.44. The van der Waals surface area contributed by atoms with Gasteiger partial charge in [0.1, 0.15) is 24.0 Å². The molecule has 2 aromatic rings. The van der Waals surface area contributed by atoms with Gasteiger partial charge in [-0.25, -0.2) is 8.42 Å². The summed E-state index contributed by atoms with van der Waals surface area (Å²) >= 11 is 0. The Morgan fingerprint density at radius 1 is 1.21 bits per heavy atom. The van der Waals surface area contributed by atoms with Crippen LogP contribution in [0.15, 0.2) is 42.5 Å². The van der Waals surface area contributed by atoms with Crippen LogP contribution in [-0.2, 0) is 26.2 Å². The van der Waals surface area contributed by atoms with Crippen LogP contribution in [0.3, 0.4) is 0 Å². The molecule has 0 saturated carbocycles. The van der Waals surface area contributed by atoms with Gasteiger partial charge in [-0.15, -0.1) is 0 Å². The molecule has 0 bridgehead atoms. The van der Waals surface area contributed by atoms with E-state index in [0.717, 1.165) is 27.8 Å². The van der Waals surface area contributed by atoms with Gasteiger partial charge in [0.25, 0.3) is 5.69 Å². The second kappa shape index (κ2) is 11.0. The van der Waals surface area contributed by atoms with Crippen LogP contribution in [-0.4, -0.2) is 63.1 Å². The van der Waals surface area contributed by atoms with Gasteiger partial charge in [0.15, 0.2) is 0 Å². The number of likely N-dealkylation sites (N-methyl/N-ethyl adjacent to an activating group) is 1. The van der Waals surface area contributed by atoms with Gasteiger partial charge in [0.05, 0.1) is 18.3 Å². The predicted octanol–water partition coefficient (Wildman–Crippen LogP) is 1.84. The number of ether oxygens (including phenoxy) is 1. The number of anilines is 1. The Morgan fingerprint density at radius 2 is 1.88 bits per heavy atom. The van der Waals surface area contributed by atoms with Crippen LogP contribution >= 0.6 is 0 Å². The SMILES string of the molecule is CNC(=O)[C@@H](C)N(Cc1cccc(C)c1)C(=O)CN(c1cc([N+](=O)[O-])ccc1OC)S(C)(=O)=O. The minimum atomic E-state index is -4.07. The van der Waals surface area contributed by atoms with Crippen LogP contribution in [0.5, 0.6) is 5.75 Å². The molecule has 1 N–H and O–H groups in total. The number of amides is 2. The molecule has 0 spiro atoms. The molecule has 2 amide bonds. The van der Waals surface area contributed by atoms with Crippen LogP contribution in [0.4, 0.5) is 11.4 Å². The summed E-state index contributed by atoms with van der Waals surface area (Å²) in [5.74, 6) is -1.06. The van der Waals surface area contributed by atoms with Gasteiger partial charge >= 0.3 is 0 Å². The molecule has 0 saturated heterocycles. The molecule has 0 aliphatic carbocycles. The van der Waals surface area contributed by atoms with Crippen LogP contribution in [0.1, 0.15) is 18.1 Å². The van der Waals surface area contributed by atoms with Gasteiger partial charge in [-0.05, 0) is 25.5 Å². The maximum absolute atomic E-state index is 13.4. The summed E-state index contributed by atoms with van der Waals surface area (Å²) in [6, 6.07) is 9.89. The van der Waals surface area contributed by atoms with Crippen molar-refractivity contribution in [3.05, 3.63) is 63.7 Å². The van der Waals surface area contributed by atoms with Gasteiger partial charge in [-0.3, -0.25) is 24.0 Å². The fraction of sp³-hybridized carbons (Fsp3) is 0.364. The lowest BCUT2D eigenvalue weighted by atomic mass is 10.1. The van der Waals surface area contributed by atoms with Crippen molar-refractivity contribution in [3.63, 3.8) is 0 Å². The first-order valence-corrected chi connectivity index (χ1v) is 12.1. The lowest BCUT2D eigenvalue weighted by Gasteiger charge is -2.31. The molecule has 0 radical (unpaired) electrons. The van der Waals surface area contributed by atoms with Crippen LogP contribution < -0.4 is 14.4 Å². The highest BCUT2D eigenvalue weighted by Gasteiger charge is 2.31. The maximum Gasteiger partial charge on any atom is 0.271 e. The highest BCUT2D eigenvalue weighted by molar-refractivity contribution is 7.92. The third-order valence-electron chi connectivity index (χ3n) is 5.17. The highest BCUT2D eigenvalue weighted by atomic mass is 32.2. The maximum atomic E-state index is 13.4. The number of non-ortho nitro benzene ring substituents is 1. The number of benzene rings is 2. The third-order valence-corrected chi connectivity index (χ3v) is 6.30. The first-order chi connectivity index (χ1) is 15.9. The number of nitro benzene ring substituents is 1. The number of hydrogen-bond acceptors (Lipinski definition) is 7. The van der Waals surface area contributed by atoms with E-state index in [2.05, 4.69) is 5.32 Å². The van der Waals surface area contributed by atoms with Crippen molar-refractivity contribution in [1.82, 2.24) is 10.2 Å². The van der Waals surface area contributed by atoms with E-state index >= 15 is 0 Å². The van der Waals surface area contributed by atoms with Gasteiger partial charge < -0.3 is 15.0 Å². The topological polar surface area (TPSA) is 139 Å². The molecule has 0 fully saturated rings. The molecule has 2 aromatic carbocycles. The molecule has 12 heteroatoms. The van der Waals surface area contributed by atoms with E-state index in [9.17, 15) is 28.1 Å². The molecule has 184 valence electrons. The number of hydrogen-bond donors (Lipinski definition) is 1. The zero-order chi connectivity index (χ0) is 25.6. The molecule has 0 aliphatic rings. The fourth-order valence-electron chi connectivity index (χ4n) is 3.38. The van der Waals surface area contributed by atoms with Crippen molar-refractivity contribution in [2.24, 2.45) is 0 Å². The summed E-state index contributed by atoms with van der Waals surface area (Å²) in [5.41, 5.74) is 1.18. The molecule has 0 heterocycles. The van der Waals surface area contributed by atoms with E-state index in [1.807, 2.05) is 25.1 Å². The fourth-order valence-corrected chi connectivity index (χ4v) is 4.23. The Hall–Kier alpha value is -3.67. The van der Waals surface area contributed by atoms with Gasteiger partial charge in [-0.2, -0.15) is 0 Å². The molecule has 1 atom stereocenters. The van der Waals surface area contributed by atoms with Gasteiger partial charge in [0, 0.05) is 25.7 Å². The van der Waals surface area contributed by atoms with Crippen molar-refractivity contribution in [2.45, 2.75) is 26.4 Å². The number of sulfonamides is 1. The smallest absolute Gasteiger partial charge is 0.271 e. The number of nitrogens with zero attached hydrogens (tertiary/aromatic N) is 3. The molecular formula is C22H28N4O7S. The van der Waals surface area contributed by atoms with E-state index in [1.165, 1.54) is 38.1 Å². The molecule has 2 rings (SSSR count). The van der Waals surface area contributed by atoms with E-state index < -0.39 is 39.3 Å². The molecule has 11 nitrogen and oxygen atoms in total. The summed E-state index contributed by atoms with van der Waals surface area (Å²) in [6.45, 7) is 2.78. The lowest BCUT2D eigenvalue weighted by Crippen LogP contribution is -2.50. The van der Waals surface area contributed by atoms with E-state index in [-0.39, 0.29) is 23.7 Å². The second-order valence-corrected chi connectivity index (χ2v) is 9.59. The predicted molar refractivity (Wildman–Crippen MR) is 127 cm³/mol. The highest BCUT2D eigenvalue weighted by Crippen LogP contribution is 2.33. The number of nitrogens with one attached hydrogen (secondary N) is 1. The number of nitro groups is 1. The van der Waals surface area contributed by atoms with Crippen molar-refractivity contribution < 1.29 is 27.7 Å². The number of aryl methyl sites for hydroxylation is 1. The monoisotopic (exact) mass is 492 g/mol. The number of carbonyl (C=O) groups is 2. The minimum Gasteiger partial charge on any atom is -0.495 e. The zero-order valence-corrected chi connectivity index (χ0v) is 20.5. The molecular weight excluding hydrogens is 464 g/mol. The number of methoxy groups -OCH3 is 1. The number of rotatable bonds is 10. The Balaban J connectivity index is 2.51. The Bertz CT molecular complexity index is 1180. The van der Waals surface area contributed by atoms with Crippen LogP contribution in [0.2, 0.25) is 0 Å². The van der Waals surface area contributed by atoms with Crippen molar-refractivity contribution in [3.8, 4) is 5.75 Å². The average Bonchev–Trinajstić information content (AvgIpc) is 2.78. The lowest BCUT2D eigenvalue weighted by molar-refractivity contribution is -0.384.